The fourth-order valence-electron chi connectivity index (χ4n) is 2.28. The molecule has 0 N–H and O–H groups in total. The van der Waals surface area contributed by atoms with Crippen LogP contribution >= 0.6 is 0 Å². The van der Waals surface area contributed by atoms with Gasteiger partial charge in [-0.05, 0) is 38.3 Å². The van der Waals surface area contributed by atoms with Gasteiger partial charge in [0, 0.05) is 12.6 Å². The van der Waals surface area contributed by atoms with Crippen molar-refractivity contribution in [2.75, 3.05) is 33.0 Å². The molecule has 0 aromatic heterocycles. The molecule has 2 fully saturated rings. The second-order valence-electron chi connectivity index (χ2n) is 4.15. The van der Waals surface area contributed by atoms with Crippen LogP contribution in [0.3, 0.4) is 0 Å². The zero-order chi connectivity index (χ0) is 9.10. The van der Waals surface area contributed by atoms with Crippen LogP contribution in [0, 0.1) is 5.92 Å². The first-order chi connectivity index (χ1) is 6.40. The Kier molecular flexibility index (Phi) is 3.17. The molecule has 0 amide bonds. The third-order valence-corrected chi connectivity index (χ3v) is 3.29. The van der Waals surface area contributed by atoms with Crippen LogP contribution in [0.1, 0.15) is 19.3 Å². The van der Waals surface area contributed by atoms with Crippen molar-refractivity contribution in [2.24, 2.45) is 5.92 Å². The highest BCUT2D eigenvalue weighted by molar-refractivity contribution is 4.80. The molecule has 13 heavy (non-hydrogen) atoms. The first-order valence-corrected chi connectivity index (χ1v) is 5.28. The summed E-state index contributed by atoms with van der Waals surface area (Å²) in [5.74, 6) is 0.332. The van der Waals surface area contributed by atoms with Crippen molar-refractivity contribution in [3.63, 3.8) is 0 Å². The number of hydrogen-bond donors (Lipinski definition) is 0. The molecule has 1 atom stereocenters. The fourth-order valence-corrected chi connectivity index (χ4v) is 2.28. The van der Waals surface area contributed by atoms with E-state index in [0.717, 1.165) is 39.1 Å². The number of halogens is 1. The number of ether oxygens (including phenoxy) is 1. The highest BCUT2D eigenvalue weighted by Crippen LogP contribution is 2.22. The Morgan fingerprint density at radius 3 is 2.54 bits per heavy atom. The molecule has 3 heteroatoms. The minimum absolute atomic E-state index is 0.130. The maximum absolute atomic E-state index is 12.3. The molecular formula is C10H18FNO. The minimum Gasteiger partial charge on any atom is -0.380 e. The lowest BCUT2D eigenvalue weighted by atomic mass is 9.97. The van der Waals surface area contributed by atoms with Crippen LogP contribution in [0.2, 0.25) is 0 Å². The monoisotopic (exact) mass is 187 g/mol. The Bertz CT molecular complexity index is 151. The Morgan fingerprint density at radius 1 is 1.23 bits per heavy atom. The summed E-state index contributed by atoms with van der Waals surface area (Å²) < 4.78 is 17.7. The van der Waals surface area contributed by atoms with Crippen molar-refractivity contribution < 1.29 is 9.13 Å². The van der Waals surface area contributed by atoms with Gasteiger partial charge in [0.2, 0.25) is 0 Å². The molecule has 2 nitrogen and oxygen atoms in total. The number of hydrogen-bond acceptors (Lipinski definition) is 2. The highest BCUT2D eigenvalue weighted by Gasteiger charge is 2.27. The molecule has 2 aliphatic rings. The molecular weight excluding hydrogens is 169 g/mol. The molecule has 0 saturated carbocycles. The molecule has 0 radical (unpaired) electrons. The van der Waals surface area contributed by atoms with Crippen LogP contribution in [0.25, 0.3) is 0 Å². The summed E-state index contributed by atoms with van der Waals surface area (Å²) >= 11 is 0. The second-order valence-corrected chi connectivity index (χ2v) is 4.15. The van der Waals surface area contributed by atoms with Gasteiger partial charge in [-0.2, -0.15) is 0 Å². The predicted molar refractivity (Wildman–Crippen MR) is 49.5 cm³/mol. The van der Waals surface area contributed by atoms with E-state index >= 15 is 0 Å². The third-order valence-electron chi connectivity index (χ3n) is 3.29. The van der Waals surface area contributed by atoms with E-state index < -0.39 is 0 Å². The van der Waals surface area contributed by atoms with E-state index in [4.69, 9.17) is 4.74 Å². The molecule has 0 spiro atoms. The zero-order valence-corrected chi connectivity index (χ0v) is 8.04. The first-order valence-electron chi connectivity index (χ1n) is 5.28. The number of alkyl halides is 1. The first kappa shape index (κ1) is 9.41. The molecule has 0 bridgehead atoms. The van der Waals surface area contributed by atoms with E-state index in [-0.39, 0.29) is 6.67 Å². The Labute approximate surface area is 79.1 Å². The molecule has 0 aromatic rings. The molecule has 0 aromatic carbocycles. The standard InChI is InChI=1S/C10H18FNO/c11-7-9-1-4-12(5-2-9)10-3-6-13-8-10/h9-10H,1-8H2. The summed E-state index contributed by atoms with van der Waals surface area (Å²) in [4.78, 5) is 2.47. The van der Waals surface area contributed by atoms with Crippen molar-refractivity contribution in [3.05, 3.63) is 0 Å². The number of piperidine rings is 1. The van der Waals surface area contributed by atoms with Crippen molar-refractivity contribution in [3.8, 4) is 0 Å². The van der Waals surface area contributed by atoms with E-state index in [0.29, 0.717) is 12.0 Å². The number of nitrogens with zero attached hydrogens (tertiary/aromatic N) is 1. The molecule has 2 heterocycles. The smallest absolute Gasteiger partial charge is 0.0923 e. The topological polar surface area (TPSA) is 12.5 Å². The summed E-state index contributed by atoms with van der Waals surface area (Å²) in [5.41, 5.74) is 0. The van der Waals surface area contributed by atoms with Gasteiger partial charge >= 0.3 is 0 Å². The molecule has 1 unspecified atom stereocenters. The summed E-state index contributed by atoms with van der Waals surface area (Å²) in [6, 6.07) is 0.626. The third kappa shape index (κ3) is 2.20. The maximum Gasteiger partial charge on any atom is 0.0923 e. The molecule has 0 aliphatic carbocycles. The predicted octanol–water partition coefficient (Wildman–Crippen LogP) is 1.46. The van der Waals surface area contributed by atoms with Crippen LogP contribution in [0.15, 0.2) is 0 Å². The van der Waals surface area contributed by atoms with E-state index in [1.165, 1.54) is 6.42 Å². The fraction of sp³-hybridized carbons (Fsp3) is 1.00. The zero-order valence-electron chi connectivity index (χ0n) is 8.04. The Morgan fingerprint density at radius 2 is 2.00 bits per heavy atom. The van der Waals surface area contributed by atoms with E-state index in [1.54, 1.807) is 0 Å². The largest absolute Gasteiger partial charge is 0.380 e. The van der Waals surface area contributed by atoms with Gasteiger partial charge in [0.25, 0.3) is 0 Å². The van der Waals surface area contributed by atoms with Gasteiger partial charge in [0.1, 0.15) is 0 Å². The van der Waals surface area contributed by atoms with Crippen LogP contribution < -0.4 is 0 Å². The van der Waals surface area contributed by atoms with Crippen LogP contribution in [0.4, 0.5) is 4.39 Å². The van der Waals surface area contributed by atoms with Crippen LogP contribution in [-0.4, -0.2) is 43.9 Å². The molecule has 2 saturated heterocycles. The van der Waals surface area contributed by atoms with Crippen LogP contribution in [0.5, 0.6) is 0 Å². The quantitative estimate of drug-likeness (QED) is 0.649. The number of likely N-dealkylation sites (tertiary alicyclic amines) is 1. The lowest BCUT2D eigenvalue weighted by Crippen LogP contribution is -2.42. The molecule has 76 valence electrons. The van der Waals surface area contributed by atoms with E-state index in [1.807, 2.05) is 0 Å². The van der Waals surface area contributed by atoms with Gasteiger partial charge in [-0.15, -0.1) is 0 Å². The van der Waals surface area contributed by atoms with Gasteiger partial charge in [-0.25, -0.2) is 0 Å². The summed E-state index contributed by atoms with van der Waals surface area (Å²) in [5, 5.41) is 0. The Hall–Kier alpha value is -0.150. The summed E-state index contributed by atoms with van der Waals surface area (Å²) in [6.45, 7) is 3.81. The lowest BCUT2D eigenvalue weighted by molar-refractivity contribution is 0.103. The lowest BCUT2D eigenvalue weighted by Gasteiger charge is -2.34. The van der Waals surface area contributed by atoms with Gasteiger partial charge in [-0.1, -0.05) is 0 Å². The van der Waals surface area contributed by atoms with Crippen molar-refractivity contribution in [1.82, 2.24) is 4.90 Å². The van der Waals surface area contributed by atoms with Gasteiger partial charge in [0.15, 0.2) is 0 Å². The van der Waals surface area contributed by atoms with Gasteiger partial charge in [0.05, 0.1) is 13.3 Å². The maximum atomic E-state index is 12.3. The highest BCUT2D eigenvalue weighted by atomic mass is 19.1. The van der Waals surface area contributed by atoms with Crippen LogP contribution in [-0.2, 0) is 4.74 Å². The summed E-state index contributed by atoms with van der Waals surface area (Å²) in [7, 11) is 0. The van der Waals surface area contributed by atoms with Gasteiger partial charge < -0.3 is 4.74 Å². The van der Waals surface area contributed by atoms with Gasteiger partial charge in [-0.3, -0.25) is 9.29 Å². The average Bonchev–Trinajstić information content (AvgIpc) is 2.71. The number of rotatable bonds is 2. The van der Waals surface area contributed by atoms with E-state index in [2.05, 4.69) is 4.90 Å². The SMILES string of the molecule is FCC1CCN(C2CCOC2)CC1. The van der Waals surface area contributed by atoms with Crippen molar-refractivity contribution >= 4 is 0 Å². The van der Waals surface area contributed by atoms with Crippen molar-refractivity contribution in [1.29, 1.82) is 0 Å². The normalized spacial score (nSPS) is 32.5. The molecule has 2 aliphatic heterocycles. The second kappa shape index (κ2) is 4.38. The van der Waals surface area contributed by atoms with Crippen molar-refractivity contribution in [2.45, 2.75) is 25.3 Å². The average molecular weight is 187 g/mol. The minimum atomic E-state index is -0.130. The summed E-state index contributed by atoms with van der Waals surface area (Å²) in [6.07, 6.45) is 3.24. The molecule has 2 rings (SSSR count). The Balaban J connectivity index is 1.77. The van der Waals surface area contributed by atoms with E-state index in [9.17, 15) is 4.39 Å².